The van der Waals surface area contributed by atoms with Gasteiger partial charge in [-0.05, 0) is 24.7 Å². The molecule has 1 fully saturated rings. The Balaban J connectivity index is 2.26. The van der Waals surface area contributed by atoms with Crippen LogP contribution in [0.2, 0.25) is 0 Å². The van der Waals surface area contributed by atoms with Gasteiger partial charge in [0.05, 0.1) is 6.42 Å². The molecule has 0 aromatic carbocycles. The first-order chi connectivity index (χ1) is 8.41. The zero-order valence-corrected chi connectivity index (χ0v) is 11.0. The molecule has 0 amide bonds. The Morgan fingerprint density at radius 2 is 1.94 bits per heavy atom. The third-order valence-electron chi connectivity index (χ3n) is 3.72. The molecule has 0 aliphatic heterocycles. The van der Waals surface area contributed by atoms with Crippen molar-refractivity contribution in [2.45, 2.75) is 45.2 Å². The minimum absolute atomic E-state index is 0.137. The quantitative estimate of drug-likeness (QED) is 0.592. The van der Waals surface area contributed by atoms with E-state index < -0.39 is 12.6 Å². The van der Waals surface area contributed by atoms with Crippen LogP contribution in [-0.2, 0) is 0 Å². The van der Waals surface area contributed by atoms with Crippen molar-refractivity contribution in [3.8, 4) is 0 Å². The predicted molar refractivity (Wildman–Crippen MR) is 66.6 cm³/mol. The fourth-order valence-corrected chi connectivity index (χ4v) is 2.15. The van der Waals surface area contributed by atoms with Gasteiger partial charge in [-0.3, -0.25) is 4.99 Å². The Labute approximate surface area is 106 Å². The molecular formula is C12H22F3N3. The summed E-state index contributed by atoms with van der Waals surface area (Å²) in [5, 5.41) is 5.81. The summed E-state index contributed by atoms with van der Waals surface area (Å²) in [7, 11) is 1.57. The van der Waals surface area contributed by atoms with Crippen LogP contribution in [0.25, 0.3) is 0 Å². The average Bonchev–Trinajstić information content (AvgIpc) is 2.24. The highest BCUT2D eigenvalue weighted by Crippen LogP contribution is 2.42. The minimum atomic E-state index is -4.12. The average molecular weight is 265 g/mol. The van der Waals surface area contributed by atoms with Crippen molar-refractivity contribution in [3.05, 3.63) is 0 Å². The zero-order valence-electron chi connectivity index (χ0n) is 11.0. The van der Waals surface area contributed by atoms with E-state index in [1.165, 1.54) is 19.3 Å². The summed E-state index contributed by atoms with van der Waals surface area (Å²) in [4.78, 5) is 3.93. The van der Waals surface area contributed by atoms with Crippen molar-refractivity contribution in [1.29, 1.82) is 0 Å². The molecule has 0 bridgehead atoms. The molecule has 0 radical (unpaired) electrons. The lowest BCUT2D eigenvalue weighted by molar-refractivity contribution is -0.132. The minimum Gasteiger partial charge on any atom is -0.356 e. The summed E-state index contributed by atoms with van der Waals surface area (Å²) in [5.41, 5.74) is 0.321. The Bertz CT molecular complexity index is 277. The number of alkyl halides is 3. The SMILES string of the molecule is CCC1(CNC(=NC)NCCC(F)(F)F)CCC1. The second kappa shape index (κ2) is 6.29. The summed E-state index contributed by atoms with van der Waals surface area (Å²) < 4.78 is 36.0. The van der Waals surface area contributed by atoms with E-state index in [0.717, 1.165) is 13.0 Å². The van der Waals surface area contributed by atoms with Gasteiger partial charge in [0.2, 0.25) is 0 Å². The molecule has 0 heterocycles. The van der Waals surface area contributed by atoms with E-state index in [-0.39, 0.29) is 6.54 Å². The highest BCUT2D eigenvalue weighted by atomic mass is 19.4. The molecule has 18 heavy (non-hydrogen) atoms. The predicted octanol–water partition coefficient (Wildman–Crippen LogP) is 2.68. The second-order valence-electron chi connectivity index (χ2n) is 4.92. The zero-order chi connectivity index (χ0) is 13.6. The lowest BCUT2D eigenvalue weighted by Gasteiger charge is -2.41. The lowest BCUT2D eigenvalue weighted by atomic mass is 9.67. The molecule has 1 rings (SSSR count). The molecule has 0 aromatic rings. The van der Waals surface area contributed by atoms with E-state index >= 15 is 0 Å². The van der Waals surface area contributed by atoms with Gasteiger partial charge < -0.3 is 10.6 Å². The molecule has 1 saturated carbocycles. The van der Waals surface area contributed by atoms with Gasteiger partial charge in [-0.2, -0.15) is 13.2 Å². The van der Waals surface area contributed by atoms with Crippen LogP contribution in [-0.4, -0.2) is 32.3 Å². The van der Waals surface area contributed by atoms with Gasteiger partial charge in [0, 0.05) is 20.1 Å². The Morgan fingerprint density at radius 3 is 2.33 bits per heavy atom. The molecule has 106 valence electrons. The molecule has 1 aliphatic carbocycles. The van der Waals surface area contributed by atoms with Crippen molar-refractivity contribution in [2.24, 2.45) is 10.4 Å². The first-order valence-electron chi connectivity index (χ1n) is 6.42. The van der Waals surface area contributed by atoms with Crippen molar-refractivity contribution < 1.29 is 13.2 Å². The van der Waals surface area contributed by atoms with Gasteiger partial charge in [0.15, 0.2) is 5.96 Å². The normalized spacial score (nSPS) is 19.3. The first kappa shape index (κ1) is 15.1. The summed E-state index contributed by atoms with van der Waals surface area (Å²) in [6.07, 6.45) is -0.238. The smallest absolute Gasteiger partial charge is 0.356 e. The molecule has 0 unspecified atom stereocenters. The molecule has 0 atom stereocenters. The molecule has 0 aromatic heterocycles. The van der Waals surface area contributed by atoms with Gasteiger partial charge in [-0.1, -0.05) is 13.3 Å². The van der Waals surface area contributed by atoms with E-state index in [1.807, 2.05) is 0 Å². The van der Waals surface area contributed by atoms with Crippen LogP contribution in [0.1, 0.15) is 39.0 Å². The Hall–Kier alpha value is -0.940. The number of hydrogen-bond donors (Lipinski definition) is 2. The van der Waals surface area contributed by atoms with E-state index in [4.69, 9.17) is 0 Å². The topological polar surface area (TPSA) is 36.4 Å². The van der Waals surface area contributed by atoms with Gasteiger partial charge in [0.25, 0.3) is 0 Å². The lowest BCUT2D eigenvalue weighted by Crippen LogP contribution is -2.46. The van der Waals surface area contributed by atoms with Crippen molar-refractivity contribution in [1.82, 2.24) is 10.6 Å². The third kappa shape index (κ3) is 4.74. The van der Waals surface area contributed by atoms with Gasteiger partial charge in [-0.25, -0.2) is 0 Å². The standard InChI is InChI=1S/C12H22F3N3/c1-3-11(5-4-6-11)9-18-10(16-2)17-8-7-12(13,14)15/h3-9H2,1-2H3,(H2,16,17,18). The highest BCUT2D eigenvalue weighted by molar-refractivity contribution is 5.79. The van der Waals surface area contributed by atoms with E-state index in [1.54, 1.807) is 7.05 Å². The van der Waals surface area contributed by atoms with Crippen LogP contribution in [0.5, 0.6) is 0 Å². The van der Waals surface area contributed by atoms with Crippen molar-refractivity contribution in [2.75, 3.05) is 20.1 Å². The van der Waals surface area contributed by atoms with Crippen molar-refractivity contribution in [3.63, 3.8) is 0 Å². The molecular weight excluding hydrogens is 243 g/mol. The number of nitrogens with one attached hydrogen (secondary N) is 2. The van der Waals surface area contributed by atoms with Gasteiger partial charge in [-0.15, -0.1) is 0 Å². The number of aliphatic imine (C=N–C) groups is 1. The molecule has 0 saturated heterocycles. The number of rotatable bonds is 5. The van der Waals surface area contributed by atoms with E-state index in [2.05, 4.69) is 22.5 Å². The third-order valence-corrected chi connectivity index (χ3v) is 3.72. The maximum atomic E-state index is 12.0. The van der Waals surface area contributed by atoms with Gasteiger partial charge in [0.1, 0.15) is 0 Å². The highest BCUT2D eigenvalue weighted by Gasteiger charge is 2.35. The van der Waals surface area contributed by atoms with Crippen LogP contribution in [0.4, 0.5) is 13.2 Å². The van der Waals surface area contributed by atoms with Crippen molar-refractivity contribution >= 4 is 5.96 Å². The molecule has 0 spiro atoms. The van der Waals surface area contributed by atoms with Crippen LogP contribution in [0, 0.1) is 5.41 Å². The fraction of sp³-hybridized carbons (Fsp3) is 0.917. The number of halogens is 3. The maximum Gasteiger partial charge on any atom is 0.390 e. The molecule has 2 N–H and O–H groups in total. The molecule has 6 heteroatoms. The van der Waals surface area contributed by atoms with Crippen LogP contribution < -0.4 is 10.6 Å². The maximum absolute atomic E-state index is 12.0. The van der Waals surface area contributed by atoms with Gasteiger partial charge >= 0.3 is 6.18 Å². The van der Waals surface area contributed by atoms with E-state index in [0.29, 0.717) is 11.4 Å². The Kier molecular flexibility index (Phi) is 5.28. The fourth-order valence-electron chi connectivity index (χ4n) is 2.15. The summed E-state index contributed by atoms with van der Waals surface area (Å²) in [5.74, 6) is 0.457. The summed E-state index contributed by atoms with van der Waals surface area (Å²) >= 11 is 0. The molecule has 1 aliphatic rings. The van der Waals surface area contributed by atoms with E-state index in [9.17, 15) is 13.2 Å². The van der Waals surface area contributed by atoms with Crippen LogP contribution in [0.3, 0.4) is 0 Å². The second-order valence-corrected chi connectivity index (χ2v) is 4.92. The summed E-state index contributed by atoms with van der Waals surface area (Å²) in [6, 6.07) is 0. The summed E-state index contributed by atoms with van der Waals surface area (Å²) in [6.45, 7) is 2.80. The number of nitrogens with zero attached hydrogens (tertiary/aromatic N) is 1. The first-order valence-corrected chi connectivity index (χ1v) is 6.42. The monoisotopic (exact) mass is 265 g/mol. The van der Waals surface area contributed by atoms with Crippen LogP contribution in [0.15, 0.2) is 4.99 Å². The number of hydrogen-bond acceptors (Lipinski definition) is 1. The largest absolute Gasteiger partial charge is 0.390 e. The number of guanidine groups is 1. The Morgan fingerprint density at radius 1 is 1.28 bits per heavy atom. The van der Waals surface area contributed by atoms with Crippen LogP contribution >= 0.6 is 0 Å². The molecule has 3 nitrogen and oxygen atoms in total.